The first kappa shape index (κ1) is 18.5. The lowest BCUT2D eigenvalue weighted by atomic mass is 10.3. The molecule has 2 rings (SSSR count). The minimum Gasteiger partial charge on any atom is -0.493 e. The third-order valence-electron chi connectivity index (χ3n) is 3.28. The van der Waals surface area contributed by atoms with Gasteiger partial charge in [-0.3, -0.25) is 0 Å². The van der Waals surface area contributed by atoms with Crippen LogP contribution in [0.4, 0.5) is 0 Å². The van der Waals surface area contributed by atoms with Crippen LogP contribution in [0, 0.1) is 0 Å². The van der Waals surface area contributed by atoms with Crippen molar-refractivity contribution in [2.45, 2.75) is 18.4 Å². The molecule has 1 N–H and O–H groups in total. The molecule has 0 radical (unpaired) electrons. The molecule has 0 unspecified atom stereocenters. The molecule has 0 aliphatic rings. The molecule has 1 aromatic heterocycles. The highest BCUT2D eigenvalue weighted by Gasteiger charge is 2.14. The van der Waals surface area contributed by atoms with E-state index in [9.17, 15) is 16.8 Å². The van der Waals surface area contributed by atoms with Crippen LogP contribution in [0.5, 0.6) is 5.75 Å². The maximum Gasteiger partial charge on any atom is 0.240 e. The van der Waals surface area contributed by atoms with Gasteiger partial charge in [0.1, 0.15) is 12.4 Å². The van der Waals surface area contributed by atoms with Gasteiger partial charge in [0.2, 0.25) is 10.0 Å². The molecule has 1 heterocycles. The minimum absolute atomic E-state index is 0.0288. The Bertz CT molecular complexity index is 840. The summed E-state index contributed by atoms with van der Waals surface area (Å²) < 4.78 is 59.7. The SMILES string of the molecule is CCS(=O)(=O)CCOc1ccc(S(=O)(=O)NCc2ccoc2)cc1. The standard InChI is InChI=1S/C15H19NO6S2/c1-2-23(17,18)10-9-22-14-3-5-15(6-4-14)24(19,20)16-11-13-7-8-21-12-13/h3-8,12,16H,2,9-11H2,1H3. The summed E-state index contributed by atoms with van der Waals surface area (Å²) in [6.45, 7) is 1.73. The van der Waals surface area contributed by atoms with Crippen molar-refractivity contribution in [1.29, 1.82) is 0 Å². The molecule has 0 saturated carbocycles. The van der Waals surface area contributed by atoms with Crippen molar-refractivity contribution < 1.29 is 26.0 Å². The summed E-state index contributed by atoms with van der Waals surface area (Å²) in [4.78, 5) is 0.0968. The van der Waals surface area contributed by atoms with Crippen LogP contribution >= 0.6 is 0 Å². The van der Waals surface area contributed by atoms with Crippen molar-refractivity contribution >= 4 is 19.9 Å². The second-order valence-electron chi connectivity index (χ2n) is 5.01. The van der Waals surface area contributed by atoms with E-state index >= 15 is 0 Å². The van der Waals surface area contributed by atoms with Crippen molar-refractivity contribution in [3.8, 4) is 5.75 Å². The average Bonchev–Trinajstić information content (AvgIpc) is 3.07. The van der Waals surface area contributed by atoms with E-state index in [1.807, 2.05) is 0 Å². The molecule has 0 aliphatic carbocycles. The summed E-state index contributed by atoms with van der Waals surface area (Å²) in [5.74, 6) is 0.404. The van der Waals surface area contributed by atoms with Crippen LogP contribution in [-0.2, 0) is 26.4 Å². The van der Waals surface area contributed by atoms with Crippen LogP contribution in [0.2, 0.25) is 0 Å². The van der Waals surface area contributed by atoms with Gasteiger partial charge in [0, 0.05) is 17.9 Å². The Labute approximate surface area is 141 Å². The summed E-state index contributed by atoms with van der Waals surface area (Å²) in [6, 6.07) is 7.46. The molecule has 132 valence electrons. The highest BCUT2D eigenvalue weighted by molar-refractivity contribution is 7.91. The second kappa shape index (κ2) is 7.82. The normalized spacial score (nSPS) is 12.2. The van der Waals surface area contributed by atoms with Gasteiger partial charge >= 0.3 is 0 Å². The fourth-order valence-electron chi connectivity index (χ4n) is 1.80. The zero-order valence-corrected chi connectivity index (χ0v) is 14.8. The predicted molar refractivity (Wildman–Crippen MR) is 89.0 cm³/mol. The molecule has 0 amide bonds. The van der Waals surface area contributed by atoms with E-state index in [2.05, 4.69) is 4.72 Å². The van der Waals surface area contributed by atoms with E-state index < -0.39 is 19.9 Å². The lowest BCUT2D eigenvalue weighted by Gasteiger charge is -2.08. The Morgan fingerprint density at radius 2 is 1.79 bits per heavy atom. The van der Waals surface area contributed by atoms with Gasteiger partial charge in [0.25, 0.3) is 0 Å². The van der Waals surface area contributed by atoms with E-state index in [1.54, 1.807) is 13.0 Å². The van der Waals surface area contributed by atoms with Crippen LogP contribution in [0.1, 0.15) is 12.5 Å². The number of ether oxygens (including phenoxy) is 1. The Morgan fingerprint density at radius 1 is 1.08 bits per heavy atom. The zero-order valence-electron chi connectivity index (χ0n) is 13.1. The van der Waals surface area contributed by atoms with Crippen molar-refractivity contribution in [3.63, 3.8) is 0 Å². The Kier molecular flexibility index (Phi) is 6.03. The molecular weight excluding hydrogens is 354 g/mol. The molecule has 2 aromatic rings. The molecule has 24 heavy (non-hydrogen) atoms. The van der Waals surface area contributed by atoms with E-state index in [1.165, 1.54) is 36.8 Å². The molecule has 0 aliphatic heterocycles. The third-order valence-corrected chi connectivity index (χ3v) is 6.37. The fourth-order valence-corrected chi connectivity index (χ4v) is 3.44. The van der Waals surface area contributed by atoms with Gasteiger partial charge in [-0.2, -0.15) is 0 Å². The summed E-state index contributed by atoms with van der Waals surface area (Å²) in [5.41, 5.74) is 0.718. The van der Waals surface area contributed by atoms with Gasteiger partial charge in [-0.25, -0.2) is 21.6 Å². The highest BCUT2D eigenvalue weighted by Crippen LogP contribution is 2.16. The highest BCUT2D eigenvalue weighted by atomic mass is 32.2. The number of hydrogen-bond acceptors (Lipinski definition) is 6. The van der Waals surface area contributed by atoms with E-state index in [0.717, 1.165) is 5.56 Å². The fraction of sp³-hybridized carbons (Fsp3) is 0.333. The summed E-state index contributed by atoms with van der Waals surface area (Å²) in [7, 11) is -6.73. The molecule has 9 heteroatoms. The first-order valence-corrected chi connectivity index (χ1v) is 10.6. The van der Waals surface area contributed by atoms with Crippen LogP contribution in [-0.4, -0.2) is 34.9 Å². The lowest BCUT2D eigenvalue weighted by molar-refractivity contribution is 0.340. The summed E-state index contributed by atoms with van der Waals surface area (Å²) >= 11 is 0. The van der Waals surface area contributed by atoms with Gasteiger partial charge < -0.3 is 9.15 Å². The van der Waals surface area contributed by atoms with Gasteiger partial charge in [-0.1, -0.05) is 6.92 Å². The Morgan fingerprint density at radius 3 is 2.38 bits per heavy atom. The second-order valence-corrected chi connectivity index (χ2v) is 9.25. The zero-order chi connectivity index (χ0) is 17.6. The molecule has 0 atom stereocenters. The van der Waals surface area contributed by atoms with Crippen LogP contribution in [0.3, 0.4) is 0 Å². The largest absolute Gasteiger partial charge is 0.493 e. The third kappa shape index (κ3) is 5.36. The number of nitrogens with one attached hydrogen (secondary N) is 1. The number of benzene rings is 1. The van der Waals surface area contributed by atoms with Crippen molar-refractivity contribution in [3.05, 3.63) is 48.4 Å². The summed E-state index contributed by atoms with van der Waals surface area (Å²) in [5, 5.41) is 0. The molecule has 7 nitrogen and oxygen atoms in total. The van der Waals surface area contributed by atoms with E-state index in [4.69, 9.17) is 9.15 Å². The molecule has 0 saturated heterocycles. The number of hydrogen-bond donors (Lipinski definition) is 1. The minimum atomic E-state index is -3.64. The van der Waals surface area contributed by atoms with Crippen LogP contribution in [0.25, 0.3) is 0 Å². The maximum absolute atomic E-state index is 12.2. The van der Waals surface area contributed by atoms with Gasteiger partial charge in [0.15, 0.2) is 9.84 Å². The number of rotatable bonds is 9. The van der Waals surface area contributed by atoms with Crippen molar-refractivity contribution in [2.24, 2.45) is 0 Å². The first-order valence-electron chi connectivity index (χ1n) is 7.26. The van der Waals surface area contributed by atoms with E-state index in [-0.39, 0.29) is 29.6 Å². The van der Waals surface area contributed by atoms with Gasteiger partial charge in [0.05, 0.1) is 23.2 Å². The smallest absolute Gasteiger partial charge is 0.240 e. The van der Waals surface area contributed by atoms with E-state index in [0.29, 0.717) is 5.75 Å². The predicted octanol–water partition coefficient (Wildman–Crippen LogP) is 1.57. The quantitative estimate of drug-likeness (QED) is 0.716. The molecule has 0 bridgehead atoms. The lowest BCUT2D eigenvalue weighted by Crippen LogP contribution is -2.23. The monoisotopic (exact) mass is 373 g/mol. The summed E-state index contributed by atoms with van der Waals surface area (Å²) in [6.07, 6.45) is 2.93. The average molecular weight is 373 g/mol. The molecule has 0 fully saturated rings. The maximum atomic E-state index is 12.2. The molecule has 0 spiro atoms. The molecular formula is C15H19NO6S2. The van der Waals surface area contributed by atoms with Crippen molar-refractivity contribution in [1.82, 2.24) is 4.72 Å². The Balaban J connectivity index is 1.93. The topological polar surface area (TPSA) is 103 Å². The number of furan rings is 1. The Hall–Kier alpha value is -1.84. The van der Waals surface area contributed by atoms with Crippen LogP contribution in [0.15, 0.2) is 52.2 Å². The number of sulfone groups is 1. The first-order chi connectivity index (χ1) is 11.3. The van der Waals surface area contributed by atoms with Gasteiger partial charge in [-0.05, 0) is 30.3 Å². The van der Waals surface area contributed by atoms with Crippen LogP contribution < -0.4 is 9.46 Å². The number of sulfonamides is 1. The molecule has 1 aromatic carbocycles. The van der Waals surface area contributed by atoms with Gasteiger partial charge in [-0.15, -0.1) is 0 Å². The van der Waals surface area contributed by atoms with Crippen molar-refractivity contribution in [2.75, 3.05) is 18.1 Å².